The Morgan fingerprint density at radius 3 is 2.74 bits per heavy atom. The lowest BCUT2D eigenvalue weighted by Crippen LogP contribution is -2.37. The van der Waals surface area contributed by atoms with E-state index in [1.807, 2.05) is 25.3 Å². The number of nitrogens with zero attached hydrogens (tertiary/aromatic N) is 1. The van der Waals surface area contributed by atoms with Crippen molar-refractivity contribution in [2.75, 3.05) is 0 Å². The first-order valence-electron chi connectivity index (χ1n) is 6.09. The lowest BCUT2D eigenvalue weighted by atomic mass is 10.2. The first kappa shape index (κ1) is 14.1. The zero-order valence-corrected chi connectivity index (χ0v) is 12.4. The van der Waals surface area contributed by atoms with Gasteiger partial charge in [-0.1, -0.05) is 24.9 Å². The topological polar surface area (TPSA) is 54.9 Å². The maximum absolute atomic E-state index is 12.3. The van der Waals surface area contributed by atoms with Crippen LogP contribution in [0.15, 0.2) is 21.0 Å². The molecule has 4 nitrogen and oxygen atoms in total. The van der Waals surface area contributed by atoms with Gasteiger partial charge in [0.15, 0.2) is 0 Å². The van der Waals surface area contributed by atoms with Crippen LogP contribution < -0.4 is 11.2 Å². The van der Waals surface area contributed by atoms with E-state index in [1.54, 1.807) is 0 Å². The molecule has 19 heavy (non-hydrogen) atoms. The van der Waals surface area contributed by atoms with Crippen molar-refractivity contribution in [2.24, 2.45) is 0 Å². The molecule has 0 saturated heterocycles. The van der Waals surface area contributed by atoms with Crippen molar-refractivity contribution in [1.82, 2.24) is 9.55 Å². The summed E-state index contributed by atoms with van der Waals surface area (Å²) in [5.41, 5.74) is 0.826. The maximum atomic E-state index is 12.3. The molecule has 0 radical (unpaired) electrons. The second-order valence-corrected chi connectivity index (χ2v) is 5.77. The number of hydrogen-bond donors (Lipinski definition) is 1. The van der Waals surface area contributed by atoms with Gasteiger partial charge in [-0.15, -0.1) is 11.3 Å². The maximum Gasteiger partial charge on any atom is 0.329 e. The third-order valence-corrected chi connectivity index (χ3v) is 4.33. The Labute approximate surface area is 119 Å². The molecular formula is C13H15ClN2O2S. The predicted octanol–water partition coefficient (Wildman–Crippen LogP) is 2.56. The Bertz CT molecular complexity index is 699. The van der Waals surface area contributed by atoms with Crippen molar-refractivity contribution < 1.29 is 0 Å². The summed E-state index contributed by atoms with van der Waals surface area (Å²) in [5, 5.41) is 2.11. The van der Waals surface area contributed by atoms with Crippen LogP contribution in [0.2, 0.25) is 5.15 Å². The molecule has 0 bridgehead atoms. The van der Waals surface area contributed by atoms with Crippen molar-refractivity contribution >= 4 is 22.9 Å². The number of halogens is 1. The predicted molar refractivity (Wildman–Crippen MR) is 78.5 cm³/mol. The highest BCUT2D eigenvalue weighted by atomic mass is 35.5. The van der Waals surface area contributed by atoms with E-state index in [9.17, 15) is 9.59 Å². The monoisotopic (exact) mass is 298 g/mol. The fourth-order valence-corrected chi connectivity index (χ4v) is 3.06. The van der Waals surface area contributed by atoms with E-state index >= 15 is 0 Å². The Balaban J connectivity index is 2.52. The average Bonchev–Trinajstić information content (AvgIpc) is 2.76. The van der Waals surface area contributed by atoms with Gasteiger partial charge in [-0.2, -0.15) is 0 Å². The van der Waals surface area contributed by atoms with E-state index in [-0.39, 0.29) is 10.7 Å². The van der Waals surface area contributed by atoms with Crippen molar-refractivity contribution in [3.63, 3.8) is 0 Å². The van der Waals surface area contributed by atoms with Gasteiger partial charge < -0.3 is 0 Å². The molecule has 0 unspecified atom stereocenters. The van der Waals surface area contributed by atoms with Gasteiger partial charge in [-0.3, -0.25) is 14.3 Å². The number of rotatable bonds is 4. The smallest absolute Gasteiger partial charge is 0.297 e. The molecule has 0 saturated carbocycles. The first-order valence-corrected chi connectivity index (χ1v) is 7.34. The second-order valence-electron chi connectivity index (χ2n) is 4.39. The van der Waals surface area contributed by atoms with Crippen LogP contribution in [0.5, 0.6) is 0 Å². The van der Waals surface area contributed by atoms with Gasteiger partial charge in [-0.05, 0) is 30.4 Å². The molecule has 0 aliphatic rings. The van der Waals surface area contributed by atoms with Gasteiger partial charge in [0.05, 0.1) is 12.1 Å². The average molecular weight is 299 g/mol. The number of thiophene rings is 1. The minimum Gasteiger partial charge on any atom is -0.297 e. The van der Waals surface area contributed by atoms with Crippen LogP contribution in [0.25, 0.3) is 0 Å². The molecule has 2 aromatic rings. The van der Waals surface area contributed by atoms with Crippen molar-refractivity contribution in [1.29, 1.82) is 0 Å². The summed E-state index contributed by atoms with van der Waals surface area (Å²) < 4.78 is 1.22. The minimum absolute atomic E-state index is 0.163. The van der Waals surface area contributed by atoms with E-state index in [0.29, 0.717) is 18.5 Å². The standard InChI is InChI=1S/C13H15ClN2O2S/c1-3-4-9-11(14)15-13(18)16(12(9)17)7-10-8(2)5-6-19-10/h5-6H,3-4,7H2,1-2H3,(H,15,18). The molecule has 0 aliphatic carbocycles. The minimum atomic E-state index is -0.456. The van der Waals surface area contributed by atoms with Crippen LogP contribution in [-0.4, -0.2) is 9.55 Å². The summed E-state index contributed by atoms with van der Waals surface area (Å²) in [6.45, 7) is 4.23. The van der Waals surface area contributed by atoms with Gasteiger partial charge in [0.25, 0.3) is 5.56 Å². The van der Waals surface area contributed by atoms with E-state index in [4.69, 9.17) is 11.6 Å². The van der Waals surface area contributed by atoms with Gasteiger partial charge in [-0.25, -0.2) is 4.79 Å². The molecule has 0 fully saturated rings. The number of aromatic nitrogens is 2. The van der Waals surface area contributed by atoms with Gasteiger partial charge in [0.1, 0.15) is 5.15 Å². The molecule has 0 atom stereocenters. The Morgan fingerprint density at radius 1 is 1.42 bits per heavy atom. The van der Waals surface area contributed by atoms with E-state index in [0.717, 1.165) is 16.9 Å². The summed E-state index contributed by atoms with van der Waals surface area (Å²) in [5.74, 6) is 0. The number of aromatic amines is 1. The van der Waals surface area contributed by atoms with Crippen LogP contribution in [0, 0.1) is 6.92 Å². The molecule has 102 valence electrons. The van der Waals surface area contributed by atoms with E-state index in [2.05, 4.69) is 4.98 Å². The molecule has 0 spiro atoms. The fourth-order valence-electron chi connectivity index (χ4n) is 1.91. The molecule has 6 heteroatoms. The Kier molecular flexibility index (Phi) is 4.27. The van der Waals surface area contributed by atoms with Crippen LogP contribution in [0.3, 0.4) is 0 Å². The largest absolute Gasteiger partial charge is 0.329 e. The number of aryl methyl sites for hydroxylation is 1. The summed E-state index contributed by atoms with van der Waals surface area (Å²) in [7, 11) is 0. The molecule has 2 aromatic heterocycles. The van der Waals surface area contributed by atoms with Crippen LogP contribution in [0.1, 0.15) is 29.3 Å². The zero-order valence-electron chi connectivity index (χ0n) is 10.8. The van der Waals surface area contributed by atoms with Crippen LogP contribution in [0.4, 0.5) is 0 Å². The molecule has 0 amide bonds. The second kappa shape index (κ2) is 5.75. The number of nitrogens with one attached hydrogen (secondary N) is 1. The summed E-state index contributed by atoms with van der Waals surface area (Å²) in [6, 6.07) is 1.97. The third kappa shape index (κ3) is 2.82. The van der Waals surface area contributed by atoms with Crippen molar-refractivity contribution in [3.8, 4) is 0 Å². The zero-order chi connectivity index (χ0) is 14.0. The van der Waals surface area contributed by atoms with Gasteiger partial charge in [0.2, 0.25) is 0 Å². The quantitative estimate of drug-likeness (QED) is 0.882. The van der Waals surface area contributed by atoms with E-state index in [1.165, 1.54) is 15.9 Å². The van der Waals surface area contributed by atoms with Crippen LogP contribution in [-0.2, 0) is 13.0 Å². The Morgan fingerprint density at radius 2 is 2.16 bits per heavy atom. The Hall–Kier alpha value is -1.33. The molecule has 0 aliphatic heterocycles. The molecule has 1 N–H and O–H groups in total. The van der Waals surface area contributed by atoms with Gasteiger partial charge in [0, 0.05) is 4.88 Å². The van der Waals surface area contributed by atoms with Crippen molar-refractivity contribution in [2.45, 2.75) is 33.2 Å². The van der Waals surface area contributed by atoms with Crippen molar-refractivity contribution in [3.05, 3.63) is 53.4 Å². The molecule has 0 aromatic carbocycles. The highest BCUT2D eigenvalue weighted by Crippen LogP contribution is 2.16. The van der Waals surface area contributed by atoms with E-state index < -0.39 is 5.69 Å². The third-order valence-electron chi connectivity index (χ3n) is 3.00. The highest BCUT2D eigenvalue weighted by molar-refractivity contribution is 7.10. The lowest BCUT2D eigenvalue weighted by molar-refractivity contribution is 0.685. The molecule has 2 rings (SSSR count). The summed E-state index contributed by atoms with van der Waals surface area (Å²) in [4.78, 5) is 27.7. The summed E-state index contributed by atoms with van der Waals surface area (Å²) >= 11 is 7.47. The lowest BCUT2D eigenvalue weighted by Gasteiger charge is -2.08. The SMILES string of the molecule is CCCc1c(Cl)[nH]c(=O)n(Cc2sccc2C)c1=O. The normalized spacial score (nSPS) is 10.9. The van der Waals surface area contributed by atoms with Gasteiger partial charge >= 0.3 is 5.69 Å². The van der Waals surface area contributed by atoms with Crippen LogP contribution >= 0.6 is 22.9 Å². The number of H-pyrrole nitrogens is 1. The fraction of sp³-hybridized carbons (Fsp3) is 0.385. The molecule has 2 heterocycles. The first-order chi connectivity index (χ1) is 9.04. The highest BCUT2D eigenvalue weighted by Gasteiger charge is 2.13. The number of hydrogen-bond acceptors (Lipinski definition) is 3. The summed E-state index contributed by atoms with van der Waals surface area (Å²) in [6.07, 6.45) is 1.37. The molecular weight excluding hydrogens is 284 g/mol.